The summed E-state index contributed by atoms with van der Waals surface area (Å²) >= 11 is 0. The third-order valence-electron chi connectivity index (χ3n) is 4.15. The van der Waals surface area contributed by atoms with Crippen LogP contribution in [0.5, 0.6) is 0 Å². The lowest BCUT2D eigenvalue weighted by Crippen LogP contribution is -2.03. The van der Waals surface area contributed by atoms with Crippen LogP contribution in [0.25, 0.3) is 22.6 Å². The zero-order valence-electron chi connectivity index (χ0n) is 14.8. The predicted octanol–water partition coefficient (Wildman–Crippen LogP) is 4.92. The molecule has 1 N–H and O–H groups in total. The Morgan fingerprint density at radius 1 is 0.929 bits per heavy atom. The van der Waals surface area contributed by atoms with Crippen LogP contribution in [0.4, 0.5) is 11.5 Å². The summed E-state index contributed by atoms with van der Waals surface area (Å²) in [5.74, 6) is 1.68. The number of rotatable bonds is 6. The van der Waals surface area contributed by atoms with Crippen molar-refractivity contribution in [2.75, 3.05) is 5.32 Å². The van der Waals surface area contributed by atoms with Crippen molar-refractivity contribution >= 4 is 11.5 Å². The Kier molecular flexibility index (Phi) is 4.79. The van der Waals surface area contributed by atoms with Crippen LogP contribution in [0.15, 0.2) is 83.4 Å². The lowest BCUT2D eigenvalue weighted by atomic mass is 10.1. The van der Waals surface area contributed by atoms with Gasteiger partial charge in [0.2, 0.25) is 5.89 Å². The smallest absolute Gasteiger partial charge is 0.295 e. The molecule has 138 valence electrons. The lowest BCUT2D eigenvalue weighted by Gasteiger charge is -2.07. The molecule has 4 rings (SSSR count). The Bertz CT molecular complexity index is 1100. The highest BCUT2D eigenvalue weighted by atomic mass is 16.6. The summed E-state index contributed by atoms with van der Waals surface area (Å²) in [7, 11) is 0. The summed E-state index contributed by atoms with van der Waals surface area (Å²) in [6.07, 6.45) is 1.67. The highest BCUT2D eigenvalue weighted by molar-refractivity contribution is 5.71. The van der Waals surface area contributed by atoms with E-state index in [1.165, 1.54) is 6.07 Å². The second-order valence-corrected chi connectivity index (χ2v) is 6.03. The number of hydrogen-bond donors (Lipinski definition) is 1. The number of nitro groups is 1. The number of oxazole rings is 1. The second kappa shape index (κ2) is 7.71. The Hall–Kier alpha value is -4.00. The van der Waals surface area contributed by atoms with Gasteiger partial charge in [0.15, 0.2) is 11.5 Å². The van der Waals surface area contributed by atoms with Crippen molar-refractivity contribution < 1.29 is 9.34 Å². The molecule has 0 atom stereocenters. The number of pyridine rings is 1. The van der Waals surface area contributed by atoms with E-state index in [9.17, 15) is 10.1 Å². The number of nitrogens with zero attached hydrogens (tertiary/aromatic N) is 3. The van der Waals surface area contributed by atoms with E-state index in [4.69, 9.17) is 4.42 Å². The molecule has 7 heteroatoms. The summed E-state index contributed by atoms with van der Waals surface area (Å²) in [5, 5.41) is 14.5. The average molecular weight is 372 g/mol. The Balaban J connectivity index is 1.54. The third kappa shape index (κ3) is 3.73. The number of benzene rings is 2. The number of anilines is 1. The molecule has 0 spiro atoms. The van der Waals surface area contributed by atoms with Crippen molar-refractivity contribution in [3.8, 4) is 22.6 Å². The zero-order chi connectivity index (χ0) is 19.3. The number of hydrogen-bond acceptors (Lipinski definition) is 6. The highest BCUT2D eigenvalue weighted by Gasteiger charge is 2.17. The van der Waals surface area contributed by atoms with Crippen molar-refractivity contribution in [1.29, 1.82) is 0 Å². The maximum atomic E-state index is 11.3. The molecular formula is C21H16N4O3. The van der Waals surface area contributed by atoms with Crippen molar-refractivity contribution in [3.63, 3.8) is 0 Å². The van der Waals surface area contributed by atoms with Gasteiger partial charge in [-0.2, -0.15) is 0 Å². The molecule has 28 heavy (non-hydrogen) atoms. The van der Waals surface area contributed by atoms with Crippen molar-refractivity contribution in [1.82, 2.24) is 9.97 Å². The van der Waals surface area contributed by atoms with Crippen LogP contribution in [0.1, 0.15) is 5.89 Å². The van der Waals surface area contributed by atoms with E-state index >= 15 is 0 Å². The normalized spacial score (nSPS) is 10.6. The van der Waals surface area contributed by atoms with Gasteiger partial charge in [0.25, 0.3) is 5.69 Å². The molecule has 0 saturated heterocycles. The number of aromatic nitrogens is 2. The standard InChI is InChI=1S/C21H16N4O3/c26-25(27)17-11-12-19(24-21(17)16-9-5-2-6-10-16)22-14-20-23-13-18(28-20)15-7-3-1-4-8-15/h1-13H,14H2,(H,22,24). The van der Waals surface area contributed by atoms with E-state index in [-0.39, 0.29) is 5.69 Å². The molecule has 0 aliphatic heterocycles. The zero-order valence-corrected chi connectivity index (χ0v) is 14.8. The van der Waals surface area contributed by atoms with Gasteiger partial charge in [0.05, 0.1) is 17.7 Å². The van der Waals surface area contributed by atoms with E-state index in [0.29, 0.717) is 35.3 Å². The minimum atomic E-state index is -0.431. The molecule has 7 nitrogen and oxygen atoms in total. The van der Waals surface area contributed by atoms with Gasteiger partial charge in [-0.15, -0.1) is 0 Å². The van der Waals surface area contributed by atoms with Crippen LogP contribution in [0.3, 0.4) is 0 Å². The largest absolute Gasteiger partial charge is 0.439 e. The summed E-state index contributed by atoms with van der Waals surface area (Å²) in [6, 6.07) is 21.8. The van der Waals surface area contributed by atoms with E-state index in [2.05, 4.69) is 15.3 Å². The molecule has 0 fully saturated rings. The third-order valence-corrected chi connectivity index (χ3v) is 4.15. The average Bonchev–Trinajstić information content (AvgIpc) is 3.22. The van der Waals surface area contributed by atoms with Gasteiger partial charge in [0.1, 0.15) is 5.82 Å². The first-order valence-corrected chi connectivity index (χ1v) is 8.65. The number of nitrogens with one attached hydrogen (secondary N) is 1. The van der Waals surface area contributed by atoms with Gasteiger partial charge >= 0.3 is 0 Å². The van der Waals surface area contributed by atoms with Crippen LogP contribution in [0.2, 0.25) is 0 Å². The van der Waals surface area contributed by atoms with Gasteiger partial charge in [-0.25, -0.2) is 9.97 Å². The quantitative estimate of drug-likeness (QED) is 0.381. The first-order chi connectivity index (χ1) is 13.7. The van der Waals surface area contributed by atoms with Gasteiger partial charge < -0.3 is 9.73 Å². The molecule has 0 saturated carbocycles. The molecule has 0 aliphatic rings. The summed E-state index contributed by atoms with van der Waals surface area (Å²) in [6.45, 7) is 0.311. The van der Waals surface area contributed by atoms with Crippen molar-refractivity contribution in [3.05, 3.63) is 95.0 Å². The molecule has 0 aliphatic carbocycles. The molecule has 0 unspecified atom stereocenters. The van der Waals surface area contributed by atoms with Crippen LogP contribution in [-0.2, 0) is 6.54 Å². The van der Waals surface area contributed by atoms with Gasteiger partial charge in [-0.3, -0.25) is 10.1 Å². The molecule has 0 radical (unpaired) electrons. The molecule has 2 aromatic carbocycles. The maximum Gasteiger partial charge on any atom is 0.295 e. The summed E-state index contributed by atoms with van der Waals surface area (Å²) < 4.78 is 5.76. The minimum Gasteiger partial charge on any atom is -0.439 e. The maximum absolute atomic E-state index is 11.3. The van der Waals surface area contributed by atoms with E-state index < -0.39 is 4.92 Å². The molecule has 2 aromatic heterocycles. The van der Waals surface area contributed by atoms with Crippen molar-refractivity contribution in [2.24, 2.45) is 0 Å². The SMILES string of the molecule is O=[N+]([O-])c1ccc(NCc2ncc(-c3ccccc3)o2)nc1-c1ccccc1. The minimum absolute atomic E-state index is 0.0424. The predicted molar refractivity (Wildman–Crippen MR) is 106 cm³/mol. The van der Waals surface area contributed by atoms with Crippen LogP contribution >= 0.6 is 0 Å². The Morgan fingerprint density at radius 2 is 1.61 bits per heavy atom. The fourth-order valence-electron chi connectivity index (χ4n) is 2.80. The molecule has 0 amide bonds. The first-order valence-electron chi connectivity index (χ1n) is 8.65. The van der Waals surface area contributed by atoms with Gasteiger partial charge in [-0.1, -0.05) is 60.7 Å². The Labute approximate surface area is 160 Å². The summed E-state index contributed by atoms with van der Waals surface area (Å²) in [5.41, 5.74) is 1.90. The molecule has 4 aromatic rings. The van der Waals surface area contributed by atoms with E-state index in [1.807, 2.05) is 48.5 Å². The van der Waals surface area contributed by atoms with Crippen LogP contribution in [-0.4, -0.2) is 14.9 Å². The van der Waals surface area contributed by atoms with E-state index in [0.717, 1.165) is 5.56 Å². The fraction of sp³-hybridized carbons (Fsp3) is 0.0476. The first kappa shape index (κ1) is 17.4. The van der Waals surface area contributed by atoms with E-state index in [1.54, 1.807) is 24.4 Å². The summed E-state index contributed by atoms with van der Waals surface area (Å²) in [4.78, 5) is 19.6. The Morgan fingerprint density at radius 3 is 2.29 bits per heavy atom. The fourth-order valence-corrected chi connectivity index (χ4v) is 2.80. The lowest BCUT2D eigenvalue weighted by molar-refractivity contribution is -0.384. The van der Waals surface area contributed by atoms with Gasteiger partial charge in [-0.05, 0) is 6.07 Å². The van der Waals surface area contributed by atoms with Crippen molar-refractivity contribution in [2.45, 2.75) is 6.54 Å². The molecular weight excluding hydrogens is 356 g/mol. The van der Waals surface area contributed by atoms with Crippen LogP contribution < -0.4 is 5.32 Å². The van der Waals surface area contributed by atoms with Gasteiger partial charge in [0, 0.05) is 17.2 Å². The van der Waals surface area contributed by atoms with Crippen LogP contribution in [0, 0.1) is 10.1 Å². The monoisotopic (exact) mass is 372 g/mol. The second-order valence-electron chi connectivity index (χ2n) is 6.03. The molecule has 2 heterocycles. The highest BCUT2D eigenvalue weighted by Crippen LogP contribution is 2.29. The molecule has 0 bridgehead atoms. The topological polar surface area (TPSA) is 94.1 Å².